The van der Waals surface area contributed by atoms with Crippen LogP contribution in [0, 0.1) is 50.2 Å². The third kappa shape index (κ3) is 8.46. The summed E-state index contributed by atoms with van der Waals surface area (Å²) in [5.41, 5.74) is -3.08. The number of hydrogen-bond acceptors (Lipinski definition) is 22. The van der Waals surface area contributed by atoms with Crippen LogP contribution in [-0.2, 0) is 52.2 Å². The van der Waals surface area contributed by atoms with Crippen molar-refractivity contribution in [2.45, 2.75) is 241 Å². The molecule has 0 aromatic heterocycles. The molecule has 0 aromatic rings. The Morgan fingerprint density at radius 2 is 1.20 bits per heavy atom. The molecule has 5 heterocycles. The highest BCUT2D eigenvalue weighted by Gasteiger charge is 2.80. The number of fused-ring (bicyclic) bond motifs is 4. The molecule has 22 nitrogen and oxygen atoms in total. The van der Waals surface area contributed by atoms with Crippen molar-refractivity contribution in [1.82, 2.24) is 0 Å². The summed E-state index contributed by atoms with van der Waals surface area (Å²) in [6, 6.07) is 0. The van der Waals surface area contributed by atoms with Gasteiger partial charge in [-0.15, -0.1) is 0 Å². The highest BCUT2D eigenvalue weighted by molar-refractivity contribution is 5.89. The van der Waals surface area contributed by atoms with Crippen LogP contribution < -0.4 is 0 Å². The number of aldehydes is 1. The number of rotatable bonds is 11. The van der Waals surface area contributed by atoms with E-state index in [9.17, 15) is 65.8 Å². The summed E-state index contributed by atoms with van der Waals surface area (Å²) in [6.07, 6.45) is -23.5. The molecule has 75 heavy (non-hydrogen) atoms. The molecule has 1 spiro atoms. The predicted molar refractivity (Wildman–Crippen MR) is 254 cm³/mol. The molecule has 5 aliphatic heterocycles. The average molecular weight is 1070 g/mol. The molecule has 29 atom stereocenters. The maximum atomic E-state index is 14.7. The lowest BCUT2D eigenvalue weighted by molar-refractivity contribution is -0.394. The molecule has 10 rings (SSSR count). The zero-order valence-electron chi connectivity index (χ0n) is 44.2. The Labute approximate surface area is 437 Å². The van der Waals surface area contributed by atoms with Crippen LogP contribution in [0.4, 0.5) is 0 Å². The fourth-order valence-electron chi connectivity index (χ4n) is 17.3. The summed E-state index contributed by atoms with van der Waals surface area (Å²) >= 11 is 0. The highest BCUT2D eigenvalue weighted by Crippen LogP contribution is 2.80. The zero-order chi connectivity index (χ0) is 54.3. The Morgan fingerprint density at radius 1 is 0.600 bits per heavy atom. The van der Waals surface area contributed by atoms with Crippen LogP contribution in [0.25, 0.3) is 0 Å². The van der Waals surface area contributed by atoms with E-state index in [2.05, 4.69) is 34.6 Å². The summed E-state index contributed by atoms with van der Waals surface area (Å²) in [4.78, 5) is 27.2. The standard InChI is InChI=1S/C53H84O22/c1-23-32(58)36(62)39(65)43(69-23)75-42-38(64)34(60)25(19-55)71-46(42)72-26-20-67-45(41(35(26)61)74-44-40(66)37(63)33(59)24(18-54)70-44)73-31-10-11-49(5)27(47(31,2)3)8-12-50(6)28(49)9-13-53-29-16-48(4,21-56)14-15-52(29,22-68-53)30(57)17-51(50,53)7/h21,23-29,31-46,54-55,58-66H,8-20,22H2,1-7H3/t23-,24-,25-,26-,27-,28+,29+,31+,32+,33+,34-,35+,36+,37+,38-,39+,40+,41+,42+,43-,44+,45+,46-,48-,49+,50-,51-,52-,53+/m1/s1. The normalized spacial score (nSPS) is 57.5. The first-order valence-corrected chi connectivity index (χ1v) is 27.4. The third-order valence-corrected chi connectivity index (χ3v) is 22.1. The van der Waals surface area contributed by atoms with Crippen LogP contribution in [-0.4, -0.2) is 223 Å². The lowest BCUT2D eigenvalue weighted by Gasteiger charge is -2.74. The number of hydrogen-bond donors (Lipinski definition) is 11. The van der Waals surface area contributed by atoms with Crippen molar-refractivity contribution in [3.63, 3.8) is 0 Å². The van der Waals surface area contributed by atoms with Crippen molar-refractivity contribution < 1.29 is 108 Å². The van der Waals surface area contributed by atoms with E-state index in [1.807, 2.05) is 6.92 Å². The topological polar surface area (TPSA) is 340 Å². The molecule has 5 aliphatic carbocycles. The van der Waals surface area contributed by atoms with E-state index in [1.54, 1.807) is 0 Å². The van der Waals surface area contributed by atoms with Gasteiger partial charge in [-0.2, -0.15) is 0 Å². The van der Waals surface area contributed by atoms with E-state index in [0.29, 0.717) is 38.7 Å². The van der Waals surface area contributed by atoms with E-state index in [0.717, 1.165) is 38.4 Å². The Morgan fingerprint density at radius 3 is 1.85 bits per heavy atom. The van der Waals surface area contributed by atoms with Gasteiger partial charge in [-0.3, -0.25) is 4.79 Å². The van der Waals surface area contributed by atoms with Gasteiger partial charge >= 0.3 is 0 Å². The molecular weight excluding hydrogens is 989 g/mol. The van der Waals surface area contributed by atoms with Crippen molar-refractivity contribution in [3.05, 3.63) is 0 Å². The number of ketones is 1. The van der Waals surface area contributed by atoms with Crippen molar-refractivity contribution in [1.29, 1.82) is 0 Å². The fraction of sp³-hybridized carbons (Fsp3) is 0.962. The lowest BCUT2D eigenvalue weighted by atomic mass is 9.30. The third-order valence-electron chi connectivity index (χ3n) is 22.1. The number of aliphatic hydroxyl groups is 11. The predicted octanol–water partition coefficient (Wildman–Crippen LogP) is -1.30. The van der Waals surface area contributed by atoms with Gasteiger partial charge < -0.3 is 104 Å². The minimum atomic E-state index is -1.89. The van der Waals surface area contributed by atoms with Crippen molar-refractivity contribution >= 4 is 12.1 Å². The van der Waals surface area contributed by atoms with Gasteiger partial charge in [0.15, 0.2) is 25.2 Å². The minimum absolute atomic E-state index is 0.0279. The van der Waals surface area contributed by atoms with Gasteiger partial charge in [0.2, 0.25) is 0 Å². The Hall–Kier alpha value is -1.46. The summed E-state index contributed by atoms with van der Waals surface area (Å²) in [7, 11) is 0. The molecule has 2 bridgehead atoms. The summed E-state index contributed by atoms with van der Waals surface area (Å²) < 4.78 is 56.1. The number of aliphatic hydroxyl groups excluding tert-OH is 11. The maximum Gasteiger partial charge on any atom is 0.187 e. The largest absolute Gasteiger partial charge is 0.394 e. The molecule has 5 saturated carbocycles. The number of Topliss-reactive ketones (excluding diaryl/α,β-unsaturated/α-hetero) is 1. The van der Waals surface area contributed by atoms with Crippen molar-refractivity contribution in [2.24, 2.45) is 50.2 Å². The lowest BCUT2D eigenvalue weighted by Crippen LogP contribution is -2.73. The van der Waals surface area contributed by atoms with Gasteiger partial charge in [0.25, 0.3) is 0 Å². The first-order valence-electron chi connectivity index (χ1n) is 27.4. The first-order chi connectivity index (χ1) is 35.2. The average Bonchev–Trinajstić information content (AvgIpc) is 3.66. The summed E-state index contributed by atoms with van der Waals surface area (Å²) in [5.74, 6) is 0.567. The molecular formula is C53H84O22. The van der Waals surface area contributed by atoms with Crippen molar-refractivity contribution in [3.8, 4) is 0 Å². The van der Waals surface area contributed by atoms with Crippen LogP contribution in [0.2, 0.25) is 0 Å². The van der Waals surface area contributed by atoms with E-state index in [4.69, 9.17) is 42.6 Å². The first kappa shape index (κ1) is 56.8. The van der Waals surface area contributed by atoms with E-state index >= 15 is 0 Å². The monoisotopic (exact) mass is 1070 g/mol. The van der Waals surface area contributed by atoms with Crippen LogP contribution in [0.1, 0.15) is 113 Å². The molecule has 0 radical (unpaired) electrons. The second-order valence-corrected chi connectivity index (χ2v) is 26.0. The van der Waals surface area contributed by atoms with Gasteiger partial charge in [-0.1, -0.05) is 41.5 Å². The summed E-state index contributed by atoms with van der Waals surface area (Å²) in [6.45, 7) is 13.3. The van der Waals surface area contributed by atoms with Crippen LogP contribution in [0.5, 0.6) is 0 Å². The molecule has 428 valence electrons. The summed E-state index contributed by atoms with van der Waals surface area (Å²) in [5, 5.41) is 119. The second kappa shape index (κ2) is 19.9. The molecule has 10 fully saturated rings. The molecule has 10 aliphatic rings. The fourth-order valence-corrected chi connectivity index (χ4v) is 17.3. The Bertz CT molecular complexity index is 2100. The minimum Gasteiger partial charge on any atom is -0.394 e. The van der Waals surface area contributed by atoms with Crippen LogP contribution in [0.15, 0.2) is 0 Å². The molecule has 0 unspecified atom stereocenters. The van der Waals surface area contributed by atoms with E-state index in [1.165, 1.54) is 6.92 Å². The van der Waals surface area contributed by atoms with Gasteiger partial charge in [-0.05, 0) is 92.8 Å². The van der Waals surface area contributed by atoms with Crippen LogP contribution in [0.3, 0.4) is 0 Å². The highest BCUT2D eigenvalue weighted by atomic mass is 16.8. The molecule has 0 amide bonds. The smallest absolute Gasteiger partial charge is 0.187 e. The van der Waals surface area contributed by atoms with E-state index in [-0.39, 0.29) is 34.4 Å². The van der Waals surface area contributed by atoms with Crippen molar-refractivity contribution in [2.75, 3.05) is 26.4 Å². The maximum absolute atomic E-state index is 14.7. The van der Waals surface area contributed by atoms with Gasteiger partial charge in [0, 0.05) is 23.2 Å². The number of carbonyl (C=O) groups excluding carboxylic acids is 2. The van der Waals surface area contributed by atoms with Gasteiger partial charge in [0.1, 0.15) is 97.5 Å². The quantitative estimate of drug-likeness (QED) is 0.0847. The second-order valence-electron chi connectivity index (χ2n) is 26.0. The van der Waals surface area contributed by atoms with Gasteiger partial charge in [0.05, 0.1) is 49.7 Å². The number of ether oxygens (including phenoxy) is 9. The SMILES string of the molecule is C[C@H]1O[C@H](O[C@@H]2[C@@H](O[C@@H]3CO[C@@H](O[C@H]4CC[C@@]5(C)[C@H](CC[C@]6(C)[C@H]5CC[C@]57OC[C@@]8(CC[C@@](C)(C=O)C[C@@H]85)C(=O)C[C@@]76C)C4(C)C)[C@@H](O[C@@H]4O[C@H](CO)[C@H](O)[C@H](O)[C@@H]4O)[C@H]3O)O[C@H](CO)[C@@H](O)[C@H]2O)[C@@H](O)[C@@H](O)[C@H]1O. The molecule has 22 heteroatoms. The number of carbonyl (C=O) groups is 2. The van der Waals surface area contributed by atoms with Gasteiger partial charge in [-0.25, -0.2) is 0 Å². The Kier molecular flexibility index (Phi) is 15.1. The Balaban J connectivity index is 0.903. The molecule has 11 N–H and O–H groups in total. The van der Waals surface area contributed by atoms with Crippen LogP contribution >= 0.6 is 0 Å². The zero-order valence-corrected chi connectivity index (χ0v) is 44.2. The molecule has 5 saturated heterocycles. The van der Waals surface area contributed by atoms with E-state index < -0.39 is 170 Å². The molecule has 0 aromatic carbocycles.